The van der Waals surface area contributed by atoms with Gasteiger partial charge in [-0.05, 0) is 0 Å². The van der Waals surface area contributed by atoms with Gasteiger partial charge in [-0.2, -0.15) is 0 Å². The largest absolute Gasteiger partial charge is 0.481 e. The van der Waals surface area contributed by atoms with Gasteiger partial charge in [0.2, 0.25) is 6.29 Å². The summed E-state index contributed by atoms with van der Waals surface area (Å²) in [5.41, 5.74) is 0. The molecule has 1 radical (unpaired) electrons. The fourth-order valence-corrected chi connectivity index (χ4v) is 0.361. The molecule has 0 heterocycles. The van der Waals surface area contributed by atoms with Crippen molar-refractivity contribution in [2.24, 2.45) is 5.92 Å². The fourth-order valence-electron chi connectivity index (χ4n) is 0.361. The van der Waals surface area contributed by atoms with Crippen LogP contribution in [0.1, 0.15) is 13.3 Å². The second-order valence-electron chi connectivity index (χ2n) is 1.86. The Morgan fingerprint density at radius 3 is 2.00 bits per heavy atom. The maximum atomic E-state index is 10.00. The van der Waals surface area contributed by atoms with Crippen LogP contribution in [0.5, 0.6) is 0 Å². The summed E-state index contributed by atoms with van der Waals surface area (Å²) in [5, 5.41) is 24.6. The predicted molar refractivity (Wildman–Crippen MR) is 28.5 cm³/mol. The van der Waals surface area contributed by atoms with Crippen LogP contribution in [0.15, 0.2) is 0 Å². The number of hydrogen-bond acceptors (Lipinski definition) is 3. The molecule has 0 aliphatic carbocycles. The van der Waals surface area contributed by atoms with Crippen molar-refractivity contribution in [1.29, 1.82) is 0 Å². The van der Waals surface area contributed by atoms with Crippen molar-refractivity contribution < 1.29 is 20.1 Å². The molecule has 0 aliphatic heterocycles. The number of aliphatic hydroxyl groups is 2. The Balaban J connectivity index is 3.50. The van der Waals surface area contributed by atoms with Crippen molar-refractivity contribution in [3.8, 4) is 0 Å². The molecule has 3 N–H and O–H groups in total. The van der Waals surface area contributed by atoms with Gasteiger partial charge in [-0.25, -0.2) is 0 Å². The minimum absolute atomic E-state index is 0.199. The Morgan fingerprint density at radius 1 is 1.44 bits per heavy atom. The Labute approximate surface area is 52.7 Å². The number of rotatable bonds is 3. The zero-order chi connectivity index (χ0) is 7.44. The average Bonchev–Trinajstić information content (AvgIpc) is 1.63. The van der Waals surface area contributed by atoms with E-state index in [-0.39, 0.29) is 6.42 Å². The highest BCUT2D eigenvalue weighted by molar-refractivity contribution is 5.69. The molecule has 0 aromatic rings. The third kappa shape index (κ3) is 3.93. The molecule has 0 bridgehead atoms. The summed E-state index contributed by atoms with van der Waals surface area (Å²) in [5.74, 6) is -1.76. The topological polar surface area (TPSA) is 77.8 Å². The second kappa shape index (κ2) is 3.42. The molecule has 1 atom stereocenters. The molecule has 53 valence electrons. The molecule has 0 aliphatic rings. The highest BCUT2D eigenvalue weighted by Gasteiger charge is 2.14. The number of carboxylic acid groups (broad SMARTS) is 1. The molecular formula is C5H9O4. The summed E-state index contributed by atoms with van der Waals surface area (Å²) in [6.07, 6.45) is -1.03. The van der Waals surface area contributed by atoms with Gasteiger partial charge in [0.15, 0.2) is 0 Å². The highest BCUT2D eigenvalue weighted by Crippen LogP contribution is 2.07. The maximum absolute atomic E-state index is 10.00. The molecule has 0 amide bonds. The van der Waals surface area contributed by atoms with Crippen LogP contribution < -0.4 is 0 Å². The average molecular weight is 133 g/mol. The number of aliphatic carboxylic acids is 1. The quantitative estimate of drug-likeness (QED) is 0.518. The zero-order valence-electron chi connectivity index (χ0n) is 5.03. The first-order chi connectivity index (χ1) is 4.04. The molecule has 0 aromatic carbocycles. The van der Waals surface area contributed by atoms with Crippen LogP contribution in [-0.4, -0.2) is 21.3 Å². The minimum Gasteiger partial charge on any atom is -0.481 e. The summed E-state index contributed by atoms with van der Waals surface area (Å²) in [6.45, 7) is 1.40. The number of aliphatic hydroxyl groups excluding tert-OH is 1. The van der Waals surface area contributed by atoms with Gasteiger partial charge in [-0.3, -0.25) is 4.79 Å². The van der Waals surface area contributed by atoms with Crippen LogP contribution in [0.3, 0.4) is 0 Å². The van der Waals surface area contributed by atoms with Crippen molar-refractivity contribution >= 4 is 5.97 Å². The van der Waals surface area contributed by atoms with Gasteiger partial charge in [-0.15, -0.1) is 0 Å². The molecule has 0 aromatic heterocycles. The Morgan fingerprint density at radius 2 is 1.89 bits per heavy atom. The fraction of sp³-hybridized carbons (Fsp3) is 0.600. The van der Waals surface area contributed by atoms with Crippen LogP contribution in [0.2, 0.25) is 0 Å². The van der Waals surface area contributed by atoms with Crippen LogP contribution in [0.4, 0.5) is 0 Å². The van der Waals surface area contributed by atoms with Crippen LogP contribution in [-0.2, 0) is 4.79 Å². The number of carboxylic acids is 1. The first kappa shape index (κ1) is 8.39. The highest BCUT2D eigenvalue weighted by atomic mass is 16.5. The first-order valence-electron chi connectivity index (χ1n) is 2.50. The first-order valence-corrected chi connectivity index (χ1v) is 2.50. The molecular weight excluding hydrogens is 124 g/mol. The van der Waals surface area contributed by atoms with Gasteiger partial charge in [0.1, 0.15) is 0 Å². The predicted octanol–water partition coefficient (Wildman–Crippen LogP) is 0.332. The molecule has 0 rings (SSSR count). The van der Waals surface area contributed by atoms with Gasteiger partial charge in [0.25, 0.3) is 0 Å². The Hall–Kier alpha value is -0.610. The summed E-state index contributed by atoms with van der Waals surface area (Å²) in [7, 11) is 0. The van der Waals surface area contributed by atoms with Crippen molar-refractivity contribution in [2.75, 3.05) is 0 Å². The van der Waals surface area contributed by atoms with Gasteiger partial charge < -0.3 is 15.3 Å². The standard InChI is InChI=1S/C5H9O4/c1-3(5(8)9)2-4(6)7/h3,6-7H,2H2,1H3,(H,8,9). The molecule has 0 fully saturated rings. The summed E-state index contributed by atoms with van der Waals surface area (Å²) in [4.78, 5) is 10.00. The van der Waals surface area contributed by atoms with Crippen molar-refractivity contribution in [2.45, 2.75) is 13.3 Å². The smallest absolute Gasteiger partial charge is 0.306 e. The van der Waals surface area contributed by atoms with Crippen molar-refractivity contribution in [3.63, 3.8) is 0 Å². The Kier molecular flexibility index (Phi) is 3.19. The van der Waals surface area contributed by atoms with E-state index in [0.29, 0.717) is 0 Å². The molecule has 1 unspecified atom stereocenters. The van der Waals surface area contributed by atoms with Crippen LogP contribution >= 0.6 is 0 Å². The zero-order valence-corrected chi connectivity index (χ0v) is 5.03. The second-order valence-corrected chi connectivity index (χ2v) is 1.86. The van der Waals surface area contributed by atoms with Gasteiger partial charge in [0, 0.05) is 6.42 Å². The molecule has 0 saturated heterocycles. The minimum atomic E-state index is -1.03. The third-order valence-electron chi connectivity index (χ3n) is 0.910. The lowest BCUT2D eigenvalue weighted by molar-refractivity contribution is -0.142. The lowest BCUT2D eigenvalue weighted by atomic mass is 10.1. The van der Waals surface area contributed by atoms with E-state index in [2.05, 4.69) is 0 Å². The van der Waals surface area contributed by atoms with E-state index in [1.54, 1.807) is 0 Å². The van der Waals surface area contributed by atoms with Crippen LogP contribution in [0, 0.1) is 12.2 Å². The van der Waals surface area contributed by atoms with E-state index < -0.39 is 18.2 Å². The number of carbonyl (C=O) groups is 1. The number of hydrogen-bond donors (Lipinski definition) is 3. The summed E-state index contributed by atoms with van der Waals surface area (Å²) in [6, 6.07) is 0. The SMILES string of the molecule is CC(C[C](O)O)C(=O)O. The van der Waals surface area contributed by atoms with E-state index in [4.69, 9.17) is 15.3 Å². The Bertz CT molecular complexity index is 99.1. The molecule has 0 saturated carbocycles. The molecule has 9 heavy (non-hydrogen) atoms. The molecule has 4 nitrogen and oxygen atoms in total. The van der Waals surface area contributed by atoms with Gasteiger partial charge in [0.05, 0.1) is 5.92 Å². The lowest BCUT2D eigenvalue weighted by Crippen LogP contribution is -2.12. The summed E-state index contributed by atoms with van der Waals surface area (Å²) < 4.78 is 0. The van der Waals surface area contributed by atoms with Crippen molar-refractivity contribution in [3.05, 3.63) is 6.29 Å². The molecule has 0 spiro atoms. The van der Waals surface area contributed by atoms with E-state index in [9.17, 15) is 4.79 Å². The van der Waals surface area contributed by atoms with Gasteiger partial charge >= 0.3 is 5.97 Å². The van der Waals surface area contributed by atoms with E-state index in [1.807, 2.05) is 0 Å². The van der Waals surface area contributed by atoms with E-state index in [0.717, 1.165) is 0 Å². The summed E-state index contributed by atoms with van der Waals surface area (Å²) >= 11 is 0. The third-order valence-corrected chi connectivity index (χ3v) is 0.910. The maximum Gasteiger partial charge on any atom is 0.306 e. The lowest BCUT2D eigenvalue weighted by Gasteiger charge is -2.04. The molecule has 4 heteroatoms. The normalized spacial score (nSPS) is 13.8. The van der Waals surface area contributed by atoms with Gasteiger partial charge in [-0.1, -0.05) is 6.92 Å². The van der Waals surface area contributed by atoms with Crippen LogP contribution in [0.25, 0.3) is 0 Å². The monoisotopic (exact) mass is 133 g/mol. The van der Waals surface area contributed by atoms with E-state index in [1.165, 1.54) is 6.92 Å². The van der Waals surface area contributed by atoms with Crippen molar-refractivity contribution in [1.82, 2.24) is 0 Å². The van der Waals surface area contributed by atoms with E-state index >= 15 is 0 Å².